The van der Waals surface area contributed by atoms with Crippen molar-refractivity contribution in [2.45, 2.75) is 12.8 Å². The Morgan fingerprint density at radius 1 is 1.50 bits per heavy atom. The van der Waals surface area contributed by atoms with E-state index in [9.17, 15) is 0 Å². The Balaban J connectivity index is 2.47. The van der Waals surface area contributed by atoms with Gasteiger partial charge in [0.15, 0.2) is 0 Å². The fraction of sp³-hybridized carbons (Fsp3) is 0.300. The minimum absolute atomic E-state index is 0.526. The summed E-state index contributed by atoms with van der Waals surface area (Å²) in [5.74, 6) is 3.21. The molecule has 0 fully saturated rings. The van der Waals surface area contributed by atoms with Gasteiger partial charge in [-0.2, -0.15) is 0 Å². The molecule has 0 amide bonds. The Bertz CT molecular complexity index is 344. The molecule has 1 rings (SSSR count). The largest absolute Gasteiger partial charge is 0.369 e. The van der Waals surface area contributed by atoms with Crippen molar-refractivity contribution in [1.29, 1.82) is 0 Å². The molecule has 1 heterocycles. The highest BCUT2D eigenvalue weighted by Gasteiger charge is 2.00. The maximum atomic E-state index is 5.89. The first-order chi connectivity index (χ1) is 6.74. The van der Waals surface area contributed by atoms with E-state index < -0.39 is 0 Å². The summed E-state index contributed by atoms with van der Waals surface area (Å²) in [5.41, 5.74) is 0. The highest BCUT2D eigenvalue weighted by Crippen LogP contribution is 2.22. The number of hydrogen-bond donors (Lipinski definition) is 1. The maximum Gasteiger partial charge on any atom is 0.144 e. The van der Waals surface area contributed by atoms with Crippen molar-refractivity contribution in [3.63, 3.8) is 0 Å². The van der Waals surface area contributed by atoms with Crippen LogP contribution in [0.25, 0.3) is 0 Å². The molecule has 4 heteroatoms. The van der Waals surface area contributed by atoms with Crippen LogP contribution in [0.5, 0.6) is 0 Å². The molecule has 0 unspecified atom stereocenters. The second kappa shape index (κ2) is 5.74. The van der Waals surface area contributed by atoms with Crippen LogP contribution in [0.4, 0.5) is 5.82 Å². The van der Waals surface area contributed by atoms with Gasteiger partial charge in [0, 0.05) is 19.2 Å². The van der Waals surface area contributed by atoms with Gasteiger partial charge in [0.25, 0.3) is 0 Å². The van der Waals surface area contributed by atoms with Crippen LogP contribution in [0.1, 0.15) is 12.8 Å². The van der Waals surface area contributed by atoms with Gasteiger partial charge in [0.2, 0.25) is 0 Å². The van der Waals surface area contributed by atoms with Crippen LogP contribution >= 0.6 is 23.2 Å². The molecule has 0 bridgehead atoms. The first-order valence-corrected chi connectivity index (χ1v) is 4.98. The van der Waals surface area contributed by atoms with Crippen molar-refractivity contribution >= 4 is 29.0 Å². The average Bonchev–Trinajstić information content (AvgIpc) is 2.15. The summed E-state index contributed by atoms with van der Waals surface area (Å²) in [6.07, 6.45) is 8.32. The number of nitrogens with zero attached hydrogens (tertiary/aromatic N) is 1. The molecule has 1 aromatic heterocycles. The molecular formula is C10H10Cl2N2. The summed E-state index contributed by atoms with van der Waals surface area (Å²) in [7, 11) is 0. The third kappa shape index (κ3) is 3.45. The fourth-order valence-corrected chi connectivity index (χ4v) is 1.39. The number of terminal acetylenes is 1. The molecule has 2 nitrogen and oxygen atoms in total. The Labute approximate surface area is 93.6 Å². The number of nitrogens with one attached hydrogen (secondary N) is 1. The molecule has 0 aliphatic rings. The van der Waals surface area contributed by atoms with Gasteiger partial charge in [-0.3, -0.25) is 0 Å². The van der Waals surface area contributed by atoms with Crippen LogP contribution in [-0.4, -0.2) is 11.5 Å². The van der Waals surface area contributed by atoms with Crippen molar-refractivity contribution in [2.24, 2.45) is 0 Å². The van der Waals surface area contributed by atoms with Crippen molar-refractivity contribution in [3.05, 3.63) is 22.3 Å². The first-order valence-electron chi connectivity index (χ1n) is 4.22. The van der Waals surface area contributed by atoms with E-state index in [4.69, 9.17) is 29.6 Å². The van der Waals surface area contributed by atoms with Gasteiger partial charge in [-0.1, -0.05) is 23.2 Å². The van der Waals surface area contributed by atoms with E-state index in [1.807, 2.05) is 0 Å². The molecule has 74 valence electrons. The normalized spacial score (nSPS) is 9.50. The number of anilines is 1. The molecule has 1 N–H and O–H groups in total. The van der Waals surface area contributed by atoms with Crippen LogP contribution in [0.2, 0.25) is 10.0 Å². The van der Waals surface area contributed by atoms with E-state index in [1.54, 1.807) is 12.3 Å². The smallest absolute Gasteiger partial charge is 0.144 e. The summed E-state index contributed by atoms with van der Waals surface area (Å²) in [6.45, 7) is 0.762. The summed E-state index contributed by atoms with van der Waals surface area (Å²) in [5, 5.41) is 4.14. The van der Waals surface area contributed by atoms with Gasteiger partial charge in [-0.15, -0.1) is 12.3 Å². The topological polar surface area (TPSA) is 24.9 Å². The van der Waals surface area contributed by atoms with E-state index in [1.165, 1.54) is 0 Å². The fourth-order valence-electron chi connectivity index (χ4n) is 0.942. The number of pyridine rings is 1. The van der Waals surface area contributed by atoms with Gasteiger partial charge in [0.1, 0.15) is 5.82 Å². The highest BCUT2D eigenvalue weighted by atomic mass is 35.5. The molecule has 14 heavy (non-hydrogen) atoms. The third-order valence-corrected chi connectivity index (χ3v) is 2.09. The van der Waals surface area contributed by atoms with E-state index in [-0.39, 0.29) is 0 Å². The predicted molar refractivity (Wildman–Crippen MR) is 60.8 cm³/mol. The lowest BCUT2D eigenvalue weighted by atomic mass is 10.3. The zero-order valence-electron chi connectivity index (χ0n) is 7.56. The number of hydrogen-bond acceptors (Lipinski definition) is 2. The average molecular weight is 229 g/mol. The Morgan fingerprint density at radius 2 is 2.29 bits per heavy atom. The second-order valence-corrected chi connectivity index (χ2v) is 3.56. The lowest BCUT2D eigenvalue weighted by Gasteiger charge is -2.05. The van der Waals surface area contributed by atoms with Gasteiger partial charge in [-0.05, 0) is 12.5 Å². The number of rotatable bonds is 4. The number of aromatic nitrogens is 1. The first kappa shape index (κ1) is 11.2. The molecule has 0 aliphatic heterocycles. The van der Waals surface area contributed by atoms with E-state index in [0.717, 1.165) is 19.4 Å². The Kier molecular flexibility index (Phi) is 4.58. The molecule has 0 saturated heterocycles. The zero-order chi connectivity index (χ0) is 10.4. The molecule has 0 aromatic carbocycles. The monoisotopic (exact) mass is 228 g/mol. The standard InChI is InChI=1S/C10H10Cl2N2/c1-2-3-4-5-13-10-9(12)6-8(11)7-14-10/h1,6-7H,3-5H2,(H,13,14). The van der Waals surface area contributed by atoms with Gasteiger partial charge < -0.3 is 5.32 Å². The second-order valence-electron chi connectivity index (χ2n) is 2.72. The summed E-state index contributed by atoms with van der Waals surface area (Å²) in [4.78, 5) is 4.05. The Hall–Kier alpha value is -0.910. The van der Waals surface area contributed by atoms with Crippen LogP contribution in [0, 0.1) is 12.3 Å². The maximum absolute atomic E-state index is 5.89. The van der Waals surface area contributed by atoms with Crippen LogP contribution in [0.15, 0.2) is 12.3 Å². The highest BCUT2D eigenvalue weighted by molar-refractivity contribution is 6.35. The molecule has 0 saturated carbocycles. The van der Waals surface area contributed by atoms with Crippen LogP contribution in [-0.2, 0) is 0 Å². The summed E-state index contributed by atoms with van der Waals surface area (Å²) < 4.78 is 0. The Morgan fingerprint density at radius 3 is 2.93 bits per heavy atom. The van der Waals surface area contributed by atoms with Crippen molar-refractivity contribution in [2.75, 3.05) is 11.9 Å². The SMILES string of the molecule is C#CCCCNc1ncc(Cl)cc1Cl. The minimum atomic E-state index is 0.526. The van der Waals surface area contributed by atoms with Crippen molar-refractivity contribution in [1.82, 2.24) is 4.98 Å². The number of halogens is 2. The summed E-state index contributed by atoms with van der Waals surface area (Å²) in [6, 6.07) is 1.65. The molecule has 0 radical (unpaired) electrons. The summed E-state index contributed by atoms with van der Waals surface area (Å²) >= 11 is 11.6. The van der Waals surface area contributed by atoms with Crippen molar-refractivity contribution < 1.29 is 0 Å². The molecular weight excluding hydrogens is 219 g/mol. The van der Waals surface area contributed by atoms with Crippen molar-refractivity contribution in [3.8, 4) is 12.3 Å². The van der Waals surface area contributed by atoms with Gasteiger partial charge in [-0.25, -0.2) is 4.98 Å². The van der Waals surface area contributed by atoms with Crippen LogP contribution in [0.3, 0.4) is 0 Å². The number of unbranched alkanes of at least 4 members (excludes halogenated alkanes) is 1. The third-order valence-electron chi connectivity index (χ3n) is 1.60. The van der Waals surface area contributed by atoms with Gasteiger partial charge in [0.05, 0.1) is 10.0 Å². The molecule has 0 aliphatic carbocycles. The zero-order valence-corrected chi connectivity index (χ0v) is 9.07. The van der Waals surface area contributed by atoms with Gasteiger partial charge >= 0.3 is 0 Å². The lowest BCUT2D eigenvalue weighted by molar-refractivity contribution is 0.901. The van der Waals surface area contributed by atoms with E-state index >= 15 is 0 Å². The molecule has 1 aromatic rings. The predicted octanol–water partition coefficient (Wildman–Crippen LogP) is 3.21. The molecule has 0 atom stereocenters. The minimum Gasteiger partial charge on any atom is -0.369 e. The lowest BCUT2D eigenvalue weighted by Crippen LogP contribution is -2.03. The quantitative estimate of drug-likeness (QED) is 0.633. The molecule has 0 spiro atoms. The van der Waals surface area contributed by atoms with E-state index in [2.05, 4.69) is 16.2 Å². The van der Waals surface area contributed by atoms with Crippen LogP contribution < -0.4 is 5.32 Å². The van der Waals surface area contributed by atoms with E-state index in [0.29, 0.717) is 15.9 Å².